The molecule has 8 heteroatoms. The molecular weight excluding hydrogens is 390 g/mol. The van der Waals surface area contributed by atoms with Crippen molar-refractivity contribution in [2.45, 2.75) is 0 Å². The highest BCUT2D eigenvalue weighted by atomic mass is 32.1. The molecule has 0 fully saturated rings. The van der Waals surface area contributed by atoms with Gasteiger partial charge in [-0.05, 0) is 42.5 Å². The Labute approximate surface area is 171 Å². The summed E-state index contributed by atoms with van der Waals surface area (Å²) < 4.78 is 5.97. The molecule has 1 N–H and O–H groups in total. The number of amides is 2. The number of hydrogen-bond donors (Lipinski definition) is 1. The number of fused-ring (bicyclic) bond motifs is 1. The average Bonchev–Trinajstić information content (AvgIpc) is 3.13. The third-order valence-corrected chi connectivity index (χ3v) is 4.84. The Balaban J connectivity index is 1.48. The number of para-hydroxylation sites is 1. The zero-order chi connectivity index (χ0) is 20.8. The van der Waals surface area contributed by atoms with E-state index in [1.165, 1.54) is 22.3 Å². The Morgan fingerprint density at radius 2 is 1.83 bits per heavy atom. The summed E-state index contributed by atoms with van der Waals surface area (Å²) in [5.41, 5.74) is 1.88. The average molecular weight is 409 g/mol. The van der Waals surface area contributed by atoms with Crippen LogP contribution in [0.15, 0.2) is 54.6 Å². The van der Waals surface area contributed by atoms with Gasteiger partial charge < -0.3 is 15.0 Å². The number of aromatic nitrogens is 1. The van der Waals surface area contributed by atoms with E-state index >= 15 is 0 Å². The maximum Gasteiger partial charge on any atom is 0.331 e. The second-order valence-corrected chi connectivity index (χ2v) is 7.35. The first-order valence-corrected chi connectivity index (χ1v) is 9.56. The number of hydrogen-bond acceptors (Lipinski definition) is 6. The molecule has 0 aliphatic carbocycles. The van der Waals surface area contributed by atoms with Crippen LogP contribution in [0.2, 0.25) is 0 Å². The van der Waals surface area contributed by atoms with Gasteiger partial charge in [-0.2, -0.15) is 0 Å². The van der Waals surface area contributed by atoms with Gasteiger partial charge in [-0.1, -0.05) is 12.1 Å². The lowest BCUT2D eigenvalue weighted by Gasteiger charge is -2.11. The number of thiazole rings is 1. The van der Waals surface area contributed by atoms with Crippen LogP contribution < -0.4 is 5.32 Å². The third-order valence-electron chi connectivity index (χ3n) is 3.84. The molecule has 0 radical (unpaired) electrons. The van der Waals surface area contributed by atoms with Gasteiger partial charge in [-0.3, -0.25) is 9.59 Å². The number of rotatable bonds is 6. The van der Waals surface area contributed by atoms with Crippen molar-refractivity contribution in [2.75, 3.05) is 26.0 Å². The Morgan fingerprint density at radius 1 is 1.10 bits per heavy atom. The Kier molecular flexibility index (Phi) is 6.36. The first-order chi connectivity index (χ1) is 13.9. The number of ether oxygens (including phenoxy) is 1. The van der Waals surface area contributed by atoms with Gasteiger partial charge >= 0.3 is 5.97 Å². The fraction of sp³-hybridized carbons (Fsp3) is 0.143. The van der Waals surface area contributed by atoms with E-state index < -0.39 is 18.5 Å². The van der Waals surface area contributed by atoms with Gasteiger partial charge in [-0.25, -0.2) is 9.78 Å². The standard InChI is InChI=1S/C21H19N3O4S/c1-24(2)21(27)14-7-9-15(10-8-14)22-18(25)13-28-20(26)12-11-19-23-16-5-3-4-6-17(16)29-19/h3-12H,13H2,1-2H3,(H,22,25). The topological polar surface area (TPSA) is 88.6 Å². The molecule has 29 heavy (non-hydrogen) atoms. The zero-order valence-corrected chi connectivity index (χ0v) is 16.7. The van der Waals surface area contributed by atoms with Crippen LogP contribution >= 0.6 is 11.3 Å². The van der Waals surface area contributed by atoms with E-state index in [1.54, 1.807) is 44.4 Å². The Hall–Kier alpha value is -3.52. The minimum absolute atomic E-state index is 0.128. The third kappa shape index (κ3) is 5.49. The van der Waals surface area contributed by atoms with Crippen LogP contribution in [0.25, 0.3) is 16.3 Å². The lowest BCUT2D eigenvalue weighted by Crippen LogP contribution is -2.22. The van der Waals surface area contributed by atoms with Crippen molar-refractivity contribution in [1.82, 2.24) is 9.88 Å². The van der Waals surface area contributed by atoms with Crippen LogP contribution in [0.5, 0.6) is 0 Å². The first kappa shape index (κ1) is 20.2. The summed E-state index contributed by atoms with van der Waals surface area (Å²) in [4.78, 5) is 41.4. The summed E-state index contributed by atoms with van der Waals surface area (Å²) in [5, 5.41) is 3.29. The molecule has 0 spiro atoms. The van der Waals surface area contributed by atoms with E-state index in [9.17, 15) is 14.4 Å². The highest BCUT2D eigenvalue weighted by Gasteiger charge is 2.09. The molecule has 0 saturated heterocycles. The highest BCUT2D eigenvalue weighted by Crippen LogP contribution is 2.22. The van der Waals surface area contributed by atoms with Gasteiger partial charge in [0.05, 0.1) is 10.2 Å². The molecule has 0 aliphatic heterocycles. The molecule has 0 unspecified atom stereocenters. The monoisotopic (exact) mass is 409 g/mol. The molecular formula is C21H19N3O4S. The van der Waals surface area contributed by atoms with Gasteiger partial charge in [0, 0.05) is 31.4 Å². The molecule has 3 rings (SSSR count). The van der Waals surface area contributed by atoms with E-state index in [2.05, 4.69) is 10.3 Å². The van der Waals surface area contributed by atoms with Gasteiger partial charge in [-0.15, -0.1) is 11.3 Å². The van der Waals surface area contributed by atoms with E-state index in [-0.39, 0.29) is 5.91 Å². The molecule has 0 aliphatic rings. The molecule has 0 atom stereocenters. The van der Waals surface area contributed by atoms with Crippen molar-refractivity contribution in [1.29, 1.82) is 0 Å². The summed E-state index contributed by atoms with van der Waals surface area (Å²) in [7, 11) is 3.33. The van der Waals surface area contributed by atoms with Crippen molar-refractivity contribution in [3.63, 3.8) is 0 Å². The van der Waals surface area contributed by atoms with Crippen molar-refractivity contribution >= 4 is 51.1 Å². The maximum absolute atomic E-state index is 11.9. The van der Waals surface area contributed by atoms with Crippen LogP contribution in [0.1, 0.15) is 15.4 Å². The van der Waals surface area contributed by atoms with E-state index in [4.69, 9.17) is 4.74 Å². The lowest BCUT2D eigenvalue weighted by atomic mass is 10.2. The highest BCUT2D eigenvalue weighted by molar-refractivity contribution is 7.19. The van der Waals surface area contributed by atoms with Crippen LogP contribution in [-0.2, 0) is 14.3 Å². The Bertz CT molecular complexity index is 1040. The zero-order valence-electron chi connectivity index (χ0n) is 15.9. The van der Waals surface area contributed by atoms with Gasteiger partial charge in [0.1, 0.15) is 5.01 Å². The fourth-order valence-corrected chi connectivity index (χ4v) is 3.31. The minimum Gasteiger partial charge on any atom is -0.452 e. The van der Waals surface area contributed by atoms with Crippen LogP contribution in [-0.4, -0.2) is 48.4 Å². The first-order valence-electron chi connectivity index (χ1n) is 8.74. The van der Waals surface area contributed by atoms with E-state index in [0.717, 1.165) is 10.2 Å². The van der Waals surface area contributed by atoms with Crippen molar-refractivity contribution in [3.05, 3.63) is 65.2 Å². The number of carbonyl (C=O) groups is 3. The molecule has 1 heterocycles. The largest absolute Gasteiger partial charge is 0.452 e. The summed E-state index contributed by atoms with van der Waals surface area (Å²) in [6, 6.07) is 14.1. The number of nitrogens with one attached hydrogen (secondary N) is 1. The minimum atomic E-state index is -0.633. The van der Waals surface area contributed by atoms with E-state index in [0.29, 0.717) is 16.3 Å². The summed E-state index contributed by atoms with van der Waals surface area (Å²) in [5.74, 6) is -1.23. The number of nitrogens with zero attached hydrogens (tertiary/aromatic N) is 2. The number of benzene rings is 2. The molecule has 2 amide bonds. The van der Waals surface area contributed by atoms with Gasteiger partial charge in [0.25, 0.3) is 11.8 Å². The fourth-order valence-electron chi connectivity index (χ4n) is 2.44. The normalized spacial score (nSPS) is 10.8. The van der Waals surface area contributed by atoms with Crippen LogP contribution in [0.3, 0.4) is 0 Å². The molecule has 3 aromatic rings. The van der Waals surface area contributed by atoms with Crippen molar-refractivity contribution in [2.24, 2.45) is 0 Å². The number of esters is 1. The van der Waals surface area contributed by atoms with E-state index in [1.807, 2.05) is 24.3 Å². The molecule has 0 saturated carbocycles. The van der Waals surface area contributed by atoms with Crippen LogP contribution in [0, 0.1) is 0 Å². The van der Waals surface area contributed by atoms with Gasteiger partial charge in [0.2, 0.25) is 0 Å². The molecule has 7 nitrogen and oxygen atoms in total. The Morgan fingerprint density at radius 3 is 2.52 bits per heavy atom. The molecule has 148 valence electrons. The predicted molar refractivity (Wildman–Crippen MR) is 113 cm³/mol. The quantitative estimate of drug-likeness (QED) is 0.499. The predicted octanol–water partition coefficient (Wildman–Crippen LogP) is 3.19. The molecule has 2 aromatic carbocycles. The van der Waals surface area contributed by atoms with Crippen LogP contribution in [0.4, 0.5) is 5.69 Å². The maximum atomic E-state index is 11.9. The number of anilines is 1. The van der Waals surface area contributed by atoms with Crippen molar-refractivity contribution in [3.8, 4) is 0 Å². The van der Waals surface area contributed by atoms with Gasteiger partial charge in [0.15, 0.2) is 6.61 Å². The lowest BCUT2D eigenvalue weighted by molar-refractivity contribution is -0.142. The van der Waals surface area contributed by atoms with Crippen molar-refractivity contribution < 1.29 is 19.1 Å². The molecule has 0 bridgehead atoms. The SMILES string of the molecule is CN(C)C(=O)c1ccc(NC(=O)COC(=O)C=Cc2nc3ccccc3s2)cc1. The molecule has 1 aromatic heterocycles. The number of carbonyl (C=O) groups excluding carboxylic acids is 3. The summed E-state index contributed by atoms with van der Waals surface area (Å²) >= 11 is 1.46. The smallest absolute Gasteiger partial charge is 0.331 e. The second-order valence-electron chi connectivity index (χ2n) is 6.29. The second kappa shape index (κ2) is 9.11. The summed E-state index contributed by atoms with van der Waals surface area (Å²) in [6.45, 7) is -0.415. The summed E-state index contributed by atoms with van der Waals surface area (Å²) in [6.07, 6.45) is 2.80.